The molecule has 0 aromatic heterocycles. The van der Waals surface area contributed by atoms with Crippen molar-refractivity contribution >= 4 is 59.2 Å². The molecule has 0 aliphatic rings. The normalized spacial score (nSPS) is 11.4. The third-order valence-corrected chi connectivity index (χ3v) is 5.53. The van der Waals surface area contributed by atoms with Crippen molar-refractivity contribution in [2.75, 3.05) is 4.72 Å². The highest BCUT2D eigenvalue weighted by Crippen LogP contribution is 2.31. The summed E-state index contributed by atoms with van der Waals surface area (Å²) < 4.78 is 41.3. The van der Waals surface area contributed by atoms with Gasteiger partial charge in [0.25, 0.3) is 10.0 Å². The lowest BCUT2D eigenvalue weighted by Crippen LogP contribution is -2.15. The van der Waals surface area contributed by atoms with E-state index in [1.165, 1.54) is 18.2 Å². The van der Waals surface area contributed by atoms with Crippen LogP contribution >= 0.6 is 43.5 Å². The summed E-state index contributed by atoms with van der Waals surface area (Å²) >= 11 is 12.1. The highest BCUT2D eigenvalue weighted by molar-refractivity contribution is 9.11. The lowest BCUT2D eigenvalue weighted by atomic mass is 10.3. The topological polar surface area (TPSA) is 46.2 Å². The smallest absolute Gasteiger partial charge is 0.263 e. The van der Waals surface area contributed by atoms with Crippen molar-refractivity contribution in [3.8, 4) is 0 Å². The lowest BCUT2D eigenvalue weighted by molar-refractivity contribution is 0.598. The summed E-state index contributed by atoms with van der Waals surface area (Å²) in [6.07, 6.45) is 0. The zero-order chi connectivity index (χ0) is 14.9. The van der Waals surface area contributed by atoms with Crippen LogP contribution in [0.3, 0.4) is 0 Å². The Morgan fingerprint density at radius 1 is 1.15 bits per heavy atom. The van der Waals surface area contributed by atoms with Crippen molar-refractivity contribution in [2.24, 2.45) is 0 Å². The molecule has 0 spiro atoms. The molecule has 0 saturated heterocycles. The summed E-state index contributed by atoms with van der Waals surface area (Å²) in [4.78, 5) is -0.0220. The predicted molar refractivity (Wildman–Crippen MR) is 84.1 cm³/mol. The second-order valence-electron chi connectivity index (χ2n) is 3.78. The zero-order valence-electron chi connectivity index (χ0n) is 9.70. The Kier molecular flexibility index (Phi) is 4.73. The van der Waals surface area contributed by atoms with Gasteiger partial charge in [-0.25, -0.2) is 12.8 Å². The first-order chi connectivity index (χ1) is 9.31. The third kappa shape index (κ3) is 3.33. The number of hydrogen-bond donors (Lipinski definition) is 1. The summed E-state index contributed by atoms with van der Waals surface area (Å²) in [5, 5.41) is -0.0142. The third-order valence-electron chi connectivity index (χ3n) is 2.38. The molecule has 0 unspecified atom stereocenters. The van der Waals surface area contributed by atoms with Gasteiger partial charge in [0.1, 0.15) is 16.4 Å². The van der Waals surface area contributed by atoms with E-state index in [0.717, 1.165) is 6.07 Å². The molecule has 8 heteroatoms. The Bertz CT molecular complexity index is 748. The minimum atomic E-state index is -3.96. The molecule has 0 saturated carbocycles. The molecule has 20 heavy (non-hydrogen) atoms. The van der Waals surface area contributed by atoms with Gasteiger partial charge >= 0.3 is 0 Å². The largest absolute Gasteiger partial charge is 0.275 e. The first-order valence-corrected chi connectivity index (χ1v) is 8.68. The average Bonchev–Trinajstić information content (AvgIpc) is 2.37. The fraction of sp³-hybridized carbons (Fsp3) is 0. The summed E-state index contributed by atoms with van der Waals surface area (Å²) in [6.45, 7) is 0. The molecule has 2 aromatic rings. The van der Waals surface area contributed by atoms with Gasteiger partial charge in [0.15, 0.2) is 0 Å². The molecular weight excluding hydrogens is 436 g/mol. The lowest BCUT2D eigenvalue weighted by Gasteiger charge is -2.12. The number of halogens is 4. The monoisotopic (exact) mass is 441 g/mol. The number of rotatable bonds is 3. The van der Waals surface area contributed by atoms with Gasteiger partial charge in [-0.05, 0) is 46.3 Å². The minimum absolute atomic E-state index is 0.0142. The van der Waals surface area contributed by atoms with E-state index >= 15 is 0 Å². The molecule has 0 atom stereocenters. The van der Waals surface area contributed by atoms with Crippen molar-refractivity contribution in [2.45, 2.75) is 4.90 Å². The standard InChI is InChI=1S/C12H7Br2ClFNO2S/c13-7-4-5-8(14)11(6-7)20(18,19)17-12-9(15)2-1-3-10(12)16/h1-6,17H. The van der Waals surface area contributed by atoms with Gasteiger partial charge in [-0.15, -0.1) is 0 Å². The van der Waals surface area contributed by atoms with Gasteiger partial charge in [0.05, 0.1) is 5.02 Å². The quantitative estimate of drug-likeness (QED) is 0.741. The van der Waals surface area contributed by atoms with Gasteiger partial charge < -0.3 is 0 Å². The molecule has 106 valence electrons. The van der Waals surface area contributed by atoms with Crippen LogP contribution in [0.5, 0.6) is 0 Å². The predicted octanol–water partition coefficient (Wildman–Crippen LogP) is 4.80. The van der Waals surface area contributed by atoms with E-state index in [1.807, 2.05) is 0 Å². The van der Waals surface area contributed by atoms with E-state index in [0.29, 0.717) is 8.95 Å². The van der Waals surface area contributed by atoms with Gasteiger partial charge in [-0.1, -0.05) is 33.6 Å². The maximum absolute atomic E-state index is 13.6. The molecule has 0 aliphatic heterocycles. The number of anilines is 1. The van der Waals surface area contributed by atoms with Crippen LogP contribution in [0.4, 0.5) is 10.1 Å². The van der Waals surface area contributed by atoms with E-state index in [2.05, 4.69) is 36.6 Å². The fourth-order valence-corrected chi connectivity index (χ4v) is 4.33. The number of benzene rings is 2. The summed E-state index contributed by atoms with van der Waals surface area (Å²) in [7, 11) is -3.96. The van der Waals surface area contributed by atoms with Crippen LogP contribution in [-0.4, -0.2) is 8.42 Å². The molecule has 0 amide bonds. The highest BCUT2D eigenvalue weighted by atomic mass is 79.9. The molecule has 0 bridgehead atoms. The van der Waals surface area contributed by atoms with E-state index in [4.69, 9.17) is 11.6 Å². The van der Waals surface area contributed by atoms with Crippen LogP contribution in [-0.2, 0) is 10.0 Å². The molecule has 2 aromatic carbocycles. The SMILES string of the molecule is O=S(=O)(Nc1c(F)cccc1Cl)c1cc(Br)ccc1Br. The number of nitrogens with one attached hydrogen (secondary N) is 1. The molecule has 0 aliphatic carbocycles. The van der Waals surface area contributed by atoms with Crippen LogP contribution in [0.2, 0.25) is 5.02 Å². The van der Waals surface area contributed by atoms with Crippen molar-refractivity contribution < 1.29 is 12.8 Å². The first kappa shape index (κ1) is 15.8. The summed E-state index contributed by atoms with van der Waals surface area (Å²) in [5.74, 6) is -0.743. The summed E-state index contributed by atoms with van der Waals surface area (Å²) in [6, 6.07) is 8.57. The van der Waals surface area contributed by atoms with E-state index in [-0.39, 0.29) is 15.6 Å². The Morgan fingerprint density at radius 2 is 1.85 bits per heavy atom. The van der Waals surface area contributed by atoms with Crippen LogP contribution in [0.15, 0.2) is 50.2 Å². The van der Waals surface area contributed by atoms with Crippen LogP contribution < -0.4 is 4.72 Å². The molecular formula is C12H7Br2ClFNO2S. The Hall–Kier alpha value is -0.630. The van der Waals surface area contributed by atoms with Gasteiger partial charge in [0.2, 0.25) is 0 Å². The maximum Gasteiger partial charge on any atom is 0.263 e. The van der Waals surface area contributed by atoms with Gasteiger partial charge in [0, 0.05) is 8.95 Å². The number of para-hydroxylation sites is 1. The van der Waals surface area contributed by atoms with Crippen LogP contribution in [0.25, 0.3) is 0 Å². The molecule has 3 nitrogen and oxygen atoms in total. The molecule has 0 radical (unpaired) electrons. The Labute approximate surface area is 137 Å². The molecule has 1 N–H and O–H groups in total. The minimum Gasteiger partial charge on any atom is -0.275 e. The highest BCUT2D eigenvalue weighted by Gasteiger charge is 2.21. The number of sulfonamides is 1. The van der Waals surface area contributed by atoms with Gasteiger partial charge in [-0.2, -0.15) is 0 Å². The van der Waals surface area contributed by atoms with E-state index in [1.54, 1.807) is 12.1 Å². The van der Waals surface area contributed by atoms with E-state index in [9.17, 15) is 12.8 Å². The maximum atomic E-state index is 13.6. The Morgan fingerprint density at radius 3 is 2.50 bits per heavy atom. The van der Waals surface area contributed by atoms with Crippen molar-refractivity contribution in [1.82, 2.24) is 0 Å². The Balaban J connectivity index is 2.49. The van der Waals surface area contributed by atoms with E-state index < -0.39 is 15.8 Å². The molecule has 2 rings (SSSR count). The second-order valence-corrected chi connectivity index (χ2v) is 7.60. The first-order valence-electron chi connectivity index (χ1n) is 5.23. The molecule has 0 heterocycles. The van der Waals surface area contributed by atoms with Crippen molar-refractivity contribution in [1.29, 1.82) is 0 Å². The molecule has 0 fully saturated rings. The second kappa shape index (κ2) is 6.01. The number of hydrogen-bond acceptors (Lipinski definition) is 2. The van der Waals surface area contributed by atoms with Crippen molar-refractivity contribution in [3.05, 3.63) is 56.2 Å². The van der Waals surface area contributed by atoms with Crippen LogP contribution in [0, 0.1) is 5.82 Å². The van der Waals surface area contributed by atoms with Gasteiger partial charge in [-0.3, -0.25) is 4.72 Å². The fourth-order valence-electron chi connectivity index (χ4n) is 1.47. The summed E-state index contributed by atoms with van der Waals surface area (Å²) in [5.41, 5.74) is -0.277. The van der Waals surface area contributed by atoms with Crippen LogP contribution in [0.1, 0.15) is 0 Å². The average molecular weight is 444 g/mol. The zero-order valence-corrected chi connectivity index (χ0v) is 14.4. The van der Waals surface area contributed by atoms with Crippen molar-refractivity contribution in [3.63, 3.8) is 0 Å².